The van der Waals surface area contributed by atoms with Crippen LogP contribution in [0.5, 0.6) is 0 Å². The molecule has 8 nitrogen and oxygen atoms in total. The van der Waals surface area contributed by atoms with Crippen LogP contribution in [-0.4, -0.2) is 51.3 Å². The van der Waals surface area contributed by atoms with Gasteiger partial charge in [0.25, 0.3) is 0 Å². The molecular weight excluding hydrogens is 376 g/mol. The third kappa shape index (κ3) is 3.08. The van der Waals surface area contributed by atoms with E-state index in [1.807, 2.05) is 38.4 Å². The van der Waals surface area contributed by atoms with E-state index >= 15 is 0 Å². The molecular formula is C19H24N6O2S. The first-order valence-electron chi connectivity index (χ1n) is 9.17. The molecule has 3 aromatic heterocycles. The number of hydrogen-bond acceptors (Lipinski definition) is 5. The lowest BCUT2D eigenvalue weighted by atomic mass is 9.89. The van der Waals surface area contributed by atoms with Crippen LogP contribution >= 0.6 is 0 Å². The van der Waals surface area contributed by atoms with Gasteiger partial charge in [0.1, 0.15) is 11.2 Å². The smallest absolute Gasteiger partial charge is 0.214 e. The predicted octanol–water partition coefficient (Wildman–Crippen LogP) is 2.58. The second kappa shape index (κ2) is 6.72. The van der Waals surface area contributed by atoms with E-state index in [0.717, 1.165) is 22.2 Å². The molecule has 0 spiro atoms. The zero-order valence-corrected chi connectivity index (χ0v) is 16.6. The number of hydrogen-bond donors (Lipinski definition) is 1. The van der Waals surface area contributed by atoms with Crippen molar-refractivity contribution in [1.82, 2.24) is 24.1 Å². The SMILES string of the molecule is CC(C)CS(=O)(=O)N1CC(CC#N)(n2cc(-c3ccnc4[nH]ccc34)cn2)C1.[HH]. The Morgan fingerprint density at radius 3 is 2.89 bits per heavy atom. The van der Waals surface area contributed by atoms with Crippen molar-refractivity contribution in [3.63, 3.8) is 0 Å². The highest BCUT2D eigenvalue weighted by atomic mass is 32.2. The zero-order valence-electron chi connectivity index (χ0n) is 15.8. The van der Waals surface area contributed by atoms with Gasteiger partial charge in [-0.15, -0.1) is 0 Å². The maximum absolute atomic E-state index is 12.5. The van der Waals surface area contributed by atoms with Gasteiger partial charge in [-0.1, -0.05) is 13.8 Å². The molecule has 0 radical (unpaired) electrons. The van der Waals surface area contributed by atoms with Crippen LogP contribution in [0.2, 0.25) is 0 Å². The Bertz CT molecular complexity index is 1150. The maximum Gasteiger partial charge on any atom is 0.214 e. The van der Waals surface area contributed by atoms with Gasteiger partial charge in [0, 0.05) is 44.1 Å². The van der Waals surface area contributed by atoms with Gasteiger partial charge in [0.15, 0.2) is 0 Å². The van der Waals surface area contributed by atoms with Gasteiger partial charge >= 0.3 is 0 Å². The Morgan fingerprint density at radius 1 is 1.39 bits per heavy atom. The Labute approximate surface area is 165 Å². The minimum atomic E-state index is -3.32. The first kappa shape index (κ1) is 18.7. The van der Waals surface area contributed by atoms with Crippen molar-refractivity contribution in [2.24, 2.45) is 5.92 Å². The molecule has 1 aliphatic rings. The van der Waals surface area contributed by atoms with Gasteiger partial charge in [-0.2, -0.15) is 14.7 Å². The number of H-pyrrole nitrogens is 1. The van der Waals surface area contributed by atoms with Crippen molar-refractivity contribution >= 4 is 21.1 Å². The minimum absolute atomic E-state index is 0. The normalized spacial score (nSPS) is 16.9. The molecule has 0 aliphatic carbocycles. The van der Waals surface area contributed by atoms with E-state index in [2.05, 4.69) is 21.1 Å². The van der Waals surface area contributed by atoms with Gasteiger partial charge in [-0.3, -0.25) is 4.68 Å². The van der Waals surface area contributed by atoms with Crippen LogP contribution in [0.3, 0.4) is 0 Å². The monoisotopic (exact) mass is 400 g/mol. The highest BCUT2D eigenvalue weighted by Crippen LogP contribution is 2.36. The van der Waals surface area contributed by atoms with Gasteiger partial charge in [0.2, 0.25) is 10.0 Å². The van der Waals surface area contributed by atoms with Crippen molar-refractivity contribution in [2.75, 3.05) is 18.8 Å². The Morgan fingerprint density at radius 2 is 2.18 bits per heavy atom. The van der Waals surface area contributed by atoms with E-state index in [9.17, 15) is 13.7 Å². The van der Waals surface area contributed by atoms with E-state index in [4.69, 9.17) is 0 Å². The van der Waals surface area contributed by atoms with Crippen molar-refractivity contribution < 1.29 is 9.84 Å². The zero-order chi connectivity index (χ0) is 19.9. The second-order valence-corrected chi connectivity index (χ2v) is 9.79. The molecule has 0 saturated carbocycles. The Hall–Kier alpha value is -2.70. The minimum Gasteiger partial charge on any atom is -0.346 e. The molecule has 4 heterocycles. The number of nitrogens with one attached hydrogen (secondary N) is 1. The van der Waals surface area contributed by atoms with E-state index in [1.54, 1.807) is 17.1 Å². The van der Waals surface area contributed by atoms with Gasteiger partial charge in [-0.25, -0.2) is 13.4 Å². The van der Waals surface area contributed by atoms with Crippen LogP contribution in [0, 0.1) is 17.2 Å². The highest BCUT2D eigenvalue weighted by molar-refractivity contribution is 7.89. The number of aromatic nitrogens is 4. The molecule has 1 saturated heterocycles. The molecule has 1 fully saturated rings. The molecule has 0 aromatic carbocycles. The van der Waals surface area contributed by atoms with Crippen molar-refractivity contribution in [1.29, 1.82) is 5.26 Å². The summed E-state index contributed by atoms with van der Waals surface area (Å²) >= 11 is 0. The third-order valence-corrected chi connectivity index (χ3v) is 7.26. The summed E-state index contributed by atoms with van der Waals surface area (Å²) in [4.78, 5) is 7.39. The van der Waals surface area contributed by atoms with E-state index in [1.165, 1.54) is 4.31 Å². The summed E-state index contributed by atoms with van der Waals surface area (Å²) in [5.74, 6) is 0.172. The number of sulfonamides is 1. The summed E-state index contributed by atoms with van der Waals surface area (Å²) in [5, 5.41) is 14.8. The quantitative estimate of drug-likeness (QED) is 0.684. The topological polar surface area (TPSA) is 108 Å². The largest absolute Gasteiger partial charge is 0.346 e. The van der Waals surface area contributed by atoms with Crippen LogP contribution in [0.4, 0.5) is 0 Å². The molecule has 148 valence electrons. The number of fused-ring (bicyclic) bond motifs is 1. The van der Waals surface area contributed by atoms with Crippen molar-refractivity contribution in [3.8, 4) is 17.2 Å². The summed E-state index contributed by atoms with van der Waals surface area (Å²) in [6.07, 6.45) is 7.43. The molecule has 1 aliphatic heterocycles. The van der Waals surface area contributed by atoms with Crippen LogP contribution in [0.25, 0.3) is 22.2 Å². The predicted molar refractivity (Wildman–Crippen MR) is 108 cm³/mol. The summed E-state index contributed by atoms with van der Waals surface area (Å²) in [6, 6.07) is 6.09. The molecule has 0 unspecified atom stereocenters. The second-order valence-electron chi connectivity index (χ2n) is 7.77. The summed E-state index contributed by atoms with van der Waals surface area (Å²) in [7, 11) is -3.32. The van der Waals surface area contributed by atoms with E-state index < -0.39 is 15.6 Å². The van der Waals surface area contributed by atoms with Crippen LogP contribution in [-0.2, 0) is 15.6 Å². The van der Waals surface area contributed by atoms with Gasteiger partial charge in [0.05, 0.1) is 24.4 Å². The summed E-state index contributed by atoms with van der Waals surface area (Å²) in [6.45, 7) is 4.31. The number of rotatable bonds is 6. The van der Waals surface area contributed by atoms with E-state index in [-0.39, 0.29) is 32.6 Å². The van der Waals surface area contributed by atoms with Crippen LogP contribution in [0.15, 0.2) is 36.9 Å². The molecule has 28 heavy (non-hydrogen) atoms. The molecule has 0 atom stereocenters. The van der Waals surface area contributed by atoms with Crippen molar-refractivity contribution in [3.05, 3.63) is 36.9 Å². The fourth-order valence-corrected chi connectivity index (χ4v) is 5.68. The first-order chi connectivity index (χ1) is 13.3. The Balaban J connectivity index is 0.00000240. The number of nitrogens with zero attached hydrogens (tertiary/aromatic N) is 5. The number of pyridine rings is 1. The molecule has 1 N–H and O–H groups in total. The highest BCUT2D eigenvalue weighted by Gasteiger charge is 2.50. The lowest BCUT2D eigenvalue weighted by molar-refractivity contribution is 0.0715. The molecule has 3 aromatic rings. The molecule has 0 amide bonds. The summed E-state index contributed by atoms with van der Waals surface area (Å²) in [5.41, 5.74) is 2.08. The fraction of sp³-hybridized carbons (Fsp3) is 0.421. The lowest BCUT2D eigenvalue weighted by Crippen LogP contribution is -2.64. The summed E-state index contributed by atoms with van der Waals surface area (Å²) < 4.78 is 28.2. The fourth-order valence-electron chi connectivity index (χ4n) is 3.75. The third-order valence-electron chi connectivity index (χ3n) is 5.13. The standard InChI is InChI=1S/C19H22N6O2S.H2/c1-14(2)11-28(26,27)24-12-19(13-24,5-6-20)25-10-15(9-23-25)16-3-7-21-18-17(16)4-8-22-18;/h3-4,7-10,14H,5,11-13H2,1-2H3,(H,21,22);1H. The van der Waals surface area contributed by atoms with E-state index in [0.29, 0.717) is 0 Å². The van der Waals surface area contributed by atoms with Crippen LogP contribution < -0.4 is 0 Å². The average molecular weight is 401 g/mol. The van der Waals surface area contributed by atoms with Crippen molar-refractivity contribution in [2.45, 2.75) is 25.8 Å². The molecule has 9 heteroatoms. The Kier molecular flexibility index (Phi) is 4.48. The first-order valence-corrected chi connectivity index (χ1v) is 10.8. The molecule has 4 rings (SSSR count). The van der Waals surface area contributed by atoms with Crippen LogP contribution in [0.1, 0.15) is 21.7 Å². The number of nitriles is 1. The number of aromatic amines is 1. The average Bonchev–Trinajstić information content (AvgIpc) is 3.25. The van der Waals surface area contributed by atoms with Gasteiger partial charge < -0.3 is 4.98 Å². The molecule has 0 bridgehead atoms. The van der Waals surface area contributed by atoms with Gasteiger partial charge in [-0.05, 0) is 23.6 Å². The lowest BCUT2D eigenvalue weighted by Gasteiger charge is -2.48. The maximum atomic E-state index is 12.5.